The topological polar surface area (TPSA) is 102 Å². The monoisotopic (exact) mass is 390 g/mol. The Hall–Kier alpha value is -1.49. The number of hydrogen-bond acceptors (Lipinski definition) is 7. The quantitative estimate of drug-likeness (QED) is 0.769. The van der Waals surface area contributed by atoms with E-state index in [2.05, 4.69) is 9.71 Å². The maximum atomic E-state index is 12.2. The van der Waals surface area contributed by atoms with Crippen molar-refractivity contribution >= 4 is 31.2 Å². The van der Waals surface area contributed by atoms with Gasteiger partial charge < -0.3 is 4.74 Å². The maximum Gasteiger partial charge on any atom is 0.251 e. The standard InChI is InChI=1S/C14H18N2O5S3/c1-10-14(22-11(2)16-10)24(19,20)15-8-9-23(17,18)13-6-4-12(21-3)5-7-13/h4-7,15H,8-9H2,1-3H3. The lowest BCUT2D eigenvalue weighted by molar-refractivity contribution is 0.414. The summed E-state index contributed by atoms with van der Waals surface area (Å²) in [5.41, 5.74) is 0.406. The van der Waals surface area contributed by atoms with Crippen molar-refractivity contribution in [3.63, 3.8) is 0 Å². The van der Waals surface area contributed by atoms with E-state index in [1.54, 1.807) is 26.0 Å². The molecule has 7 nitrogen and oxygen atoms in total. The summed E-state index contributed by atoms with van der Waals surface area (Å²) in [6.07, 6.45) is 0. The SMILES string of the molecule is COc1ccc(S(=O)(=O)CCNS(=O)(=O)c2sc(C)nc2C)cc1. The normalized spacial score (nSPS) is 12.3. The smallest absolute Gasteiger partial charge is 0.251 e. The first-order valence-electron chi connectivity index (χ1n) is 6.96. The molecule has 0 saturated carbocycles. The lowest BCUT2D eigenvalue weighted by Crippen LogP contribution is -2.29. The molecule has 10 heteroatoms. The largest absolute Gasteiger partial charge is 0.497 e. The van der Waals surface area contributed by atoms with Gasteiger partial charge in [-0.05, 0) is 38.1 Å². The van der Waals surface area contributed by atoms with Gasteiger partial charge in [-0.25, -0.2) is 26.5 Å². The number of nitrogens with zero attached hydrogens (tertiary/aromatic N) is 1. The van der Waals surface area contributed by atoms with Crippen LogP contribution in [0, 0.1) is 13.8 Å². The van der Waals surface area contributed by atoms with Gasteiger partial charge in [-0.3, -0.25) is 0 Å². The molecule has 1 N–H and O–H groups in total. The van der Waals surface area contributed by atoms with Crippen LogP contribution < -0.4 is 9.46 Å². The zero-order valence-corrected chi connectivity index (χ0v) is 15.9. The lowest BCUT2D eigenvalue weighted by Gasteiger charge is -2.07. The van der Waals surface area contributed by atoms with Gasteiger partial charge in [0, 0.05) is 6.54 Å². The molecule has 0 aliphatic carbocycles. The predicted octanol–water partition coefficient (Wildman–Crippen LogP) is 1.52. The zero-order valence-electron chi connectivity index (χ0n) is 13.4. The fourth-order valence-electron chi connectivity index (χ4n) is 2.04. The van der Waals surface area contributed by atoms with Gasteiger partial charge in [-0.2, -0.15) is 0 Å². The van der Waals surface area contributed by atoms with Crippen molar-refractivity contribution in [3.05, 3.63) is 35.0 Å². The molecule has 1 aromatic carbocycles. The van der Waals surface area contributed by atoms with Crippen LogP contribution in [0.2, 0.25) is 0 Å². The van der Waals surface area contributed by atoms with Crippen molar-refractivity contribution in [2.24, 2.45) is 0 Å². The van der Waals surface area contributed by atoms with E-state index in [1.807, 2.05) is 0 Å². The number of hydrogen-bond donors (Lipinski definition) is 1. The van der Waals surface area contributed by atoms with Crippen molar-refractivity contribution in [2.45, 2.75) is 23.0 Å². The third-order valence-corrected chi connectivity index (χ3v) is 8.06. The van der Waals surface area contributed by atoms with E-state index in [0.717, 1.165) is 11.3 Å². The Balaban J connectivity index is 2.05. The second-order valence-corrected chi connectivity index (χ2v) is 10.3. The molecule has 0 aliphatic rings. The van der Waals surface area contributed by atoms with Crippen LogP contribution in [-0.2, 0) is 19.9 Å². The molecule has 0 aliphatic heterocycles. The number of aryl methyl sites for hydroxylation is 2. The number of benzene rings is 1. The van der Waals surface area contributed by atoms with Gasteiger partial charge >= 0.3 is 0 Å². The molecular formula is C14H18N2O5S3. The summed E-state index contributed by atoms with van der Waals surface area (Å²) >= 11 is 1.05. The second-order valence-electron chi connectivity index (χ2n) is 5.00. The van der Waals surface area contributed by atoms with Crippen molar-refractivity contribution in [3.8, 4) is 5.75 Å². The first-order chi connectivity index (χ1) is 11.2. The van der Waals surface area contributed by atoms with Crippen LogP contribution in [-0.4, -0.2) is 41.2 Å². The molecule has 0 amide bonds. The summed E-state index contributed by atoms with van der Waals surface area (Å²) < 4.78 is 56.3. The molecular weight excluding hydrogens is 372 g/mol. The molecule has 0 atom stereocenters. The number of thiazole rings is 1. The summed E-state index contributed by atoms with van der Waals surface area (Å²) in [6.45, 7) is 3.10. The zero-order chi connectivity index (χ0) is 18.0. The fraction of sp³-hybridized carbons (Fsp3) is 0.357. The first-order valence-corrected chi connectivity index (χ1v) is 10.9. The summed E-state index contributed by atoms with van der Waals surface area (Å²) in [6, 6.07) is 5.94. The number of nitrogens with one attached hydrogen (secondary N) is 1. The molecule has 0 fully saturated rings. The van der Waals surface area contributed by atoms with Crippen molar-refractivity contribution in [2.75, 3.05) is 19.4 Å². The Labute approximate surface area is 145 Å². The highest BCUT2D eigenvalue weighted by Crippen LogP contribution is 2.22. The third kappa shape index (κ3) is 4.32. The number of rotatable bonds is 7. The summed E-state index contributed by atoms with van der Waals surface area (Å²) in [5.74, 6) is 0.209. The molecule has 2 rings (SSSR count). The van der Waals surface area contributed by atoms with Crippen LogP contribution in [0.3, 0.4) is 0 Å². The molecule has 0 saturated heterocycles. The van der Waals surface area contributed by atoms with Crippen molar-refractivity contribution in [1.82, 2.24) is 9.71 Å². The van der Waals surface area contributed by atoms with Crippen molar-refractivity contribution in [1.29, 1.82) is 0 Å². The fourth-order valence-corrected chi connectivity index (χ4v) is 5.88. The summed E-state index contributed by atoms with van der Waals surface area (Å²) in [7, 11) is -5.87. The van der Waals surface area contributed by atoms with E-state index < -0.39 is 19.9 Å². The van der Waals surface area contributed by atoms with Gasteiger partial charge in [0.1, 0.15) is 5.75 Å². The number of sulfone groups is 1. The number of aromatic nitrogens is 1. The highest BCUT2D eigenvalue weighted by Gasteiger charge is 2.22. The average Bonchev–Trinajstić information content (AvgIpc) is 2.86. The number of sulfonamides is 1. The van der Waals surface area contributed by atoms with Crippen LogP contribution in [0.15, 0.2) is 33.4 Å². The predicted molar refractivity (Wildman–Crippen MR) is 91.8 cm³/mol. The number of ether oxygens (including phenoxy) is 1. The van der Waals surface area contributed by atoms with Gasteiger partial charge in [0.25, 0.3) is 10.0 Å². The minimum absolute atomic E-state index is 0.113. The Morgan fingerprint density at radius 3 is 2.25 bits per heavy atom. The molecule has 0 bridgehead atoms. The molecule has 0 radical (unpaired) electrons. The molecule has 1 heterocycles. The Morgan fingerprint density at radius 2 is 1.75 bits per heavy atom. The van der Waals surface area contributed by atoms with Crippen molar-refractivity contribution < 1.29 is 21.6 Å². The van der Waals surface area contributed by atoms with E-state index in [1.165, 1.54) is 19.2 Å². The van der Waals surface area contributed by atoms with Gasteiger partial charge in [0.2, 0.25) is 0 Å². The van der Waals surface area contributed by atoms with Crippen LogP contribution in [0.25, 0.3) is 0 Å². The lowest BCUT2D eigenvalue weighted by atomic mass is 10.3. The average molecular weight is 391 g/mol. The van der Waals surface area contributed by atoms with Gasteiger partial charge in [-0.15, -0.1) is 11.3 Å². The van der Waals surface area contributed by atoms with E-state index in [-0.39, 0.29) is 21.4 Å². The Kier molecular flexibility index (Phi) is 5.63. The van der Waals surface area contributed by atoms with Gasteiger partial charge in [0.15, 0.2) is 14.0 Å². The number of methoxy groups -OCH3 is 1. The Bertz CT molecular complexity index is 916. The van der Waals surface area contributed by atoms with E-state index in [9.17, 15) is 16.8 Å². The molecule has 132 valence electrons. The van der Waals surface area contributed by atoms with Gasteiger partial charge in [-0.1, -0.05) is 0 Å². The highest BCUT2D eigenvalue weighted by atomic mass is 32.2. The van der Waals surface area contributed by atoms with Crippen LogP contribution >= 0.6 is 11.3 Å². The van der Waals surface area contributed by atoms with Crippen LogP contribution in [0.5, 0.6) is 5.75 Å². The first kappa shape index (κ1) is 18.8. The Morgan fingerprint density at radius 1 is 1.12 bits per heavy atom. The maximum absolute atomic E-state index is 12.2. The molecule has 1 aromatic heterocycles. The van der Waals surface area contributed by atoms with Crippen LogP contribution in [0.4, 0.5) is 0 Å². The van der Waals surface area contributed by atoms with E-state index in [0.29, 0.717) is 16.5 Å². The molecule has 2 aromatic rings. The van der Waals surface area contributed by atoms with Gasteiger partial charge in [0.05, 0.1) is 28.5 Å². The van der Waals surface area contributed by atoms with Crippen LogP contribution in [0.1, 0.15) is 10.7 Å². The minimum Gasteiger partial charge on any atom is -0.497 e. The summed E-state index contributed by atoms with van der Waals surface area (Å²) in [5, 5.41) is 0.638. The summed E-state index contributed by atoms with van der Waals surface area (Å²) in [4.78, 5) is 4.19. The highest BCUT2D eigenvalue weighted by molar-refractivity contribution is 7.92. The van der Waals surface area contributed by atoms with E-state index >= 15 is 0 Å². The molecule has 0 spiro atoms. The molecule has 0 unspecified atom stereocenters. The minimum atomic E-state index is -3.76. The van der Waals surface area contributed by atoms with E-state index in [4.69, 9.17) is 4.74 Å². The third-order valence-electron chi connectivity index (χ3n) is 3.19. The molecule has 24 heavy (non-hydrogen) atoms. The second kappa shape index (κ2) is 7.18.